The quantitative estimate of drug-likeness (QED) is 0.729. The van der Waals surface area contributed by atoms with Crippen molar-refractivity contribution in [1.29, 1.82) is 0 Å². The third-order valence-corrected chi connectivity index (χ3v) is 5.74. The van der Waals surface area contributed by atoms with Crippen LogP contribution in [0.2, 0.25) is 0 Å². The number of rotatable bonds is 4. The number of amides is 1. The summed E-state index contributed by atoms with van der Waals surface area (Å²) >= 11 is 0. The molecule has 1 aliphatic carbocycles. The van der Waals surface area contributed by atoms with Gasteiger partial charge in [0.05, 0.1) is 30.6 Å². The largest absolute Gasteiger partial charge is 0.379 e. The van der Waals surface area contributed by atoms with E-state index in [1.54, 1.807) is 18.6 Å². The topological polar surface area (TPSA) is 93.1 Å². The number of anilines is 1. The van der Waals surface area contributed by atoms with Crippen LogP contribution in [0.25, 0.3) is 22.2 Å². The molecule has 2 fully saturated rings. The molecule has 29 heavy (non-hydrogen) atoms. The second-order valence-electron chi connectivity index (χ2n) is 7.55. The van der Waals surface area contributed by atoms with Gasteiger partial charge in [-0.25, -0.2) is 0 Å². The summed E-state index contributed by atoms with van der Waals surface area (Å²) in [7, 11) is 0. The van der Waals surface area contributed by atoms with Crippen molar-refractivity contribution in [2.45, 2.75) is 18.9 Å². The highest BCUT2D eigenvalue weighted by Crippen LogP contribution is 2.33. The third-order valence-electron chi connectivity index (χ3n) is 5.74. The zero-order valence-corrected chi connectivity index (χ0v) is 16.0. The summed E-state index contributed by atoms with van der Waals surface area (Å²) in [6.07, 6.45) is 6.82. The predicted molar refractivity (Wildman–Crippen MR) is 108 cm³/mol. The number of ether oxygens (including phenoxy) is 1. The second-order valence-corrected chi connectivity index (χ2v) is 7.55. The van der Waals surface area contributed by atoms with E-state index < -0.39 is 0 Å². The van der Waals surface area contributed by atoms with Crippen molar-refractivity contribution < 1.29 is 9.53 Å². The Balaban J connectivity index is 1.26. The number of aromatic nitrogens is 4. The first kappa shape index (κ1) is 18.1. The number of nitrogens with one attached hydrogen (secondary N) is 1. The van der Waals surface area contributed by atoms with E-state index in [0.717, 1.165) is 61.3 Å². The van der Waals surface area contributed by atoms with Gasteiger partial charge in [0.15, 0.2) is 5.82 Å². The van der Waals surface area contributed by atoms with Crippen molar-refractivity contribution in [3.63, 3.8) is 0 Å². The molecule has 8 nitrogen and oxygen atoms in total. The summed E-state index contributed by atoms with van der Waals surface area (Å²) in [6.45, 7) is 3.50. The van der Waals surface area contributed by atoms with Gasteiger partial charge in [-0.05, 0) is 31.0 Å². The molecule has 3 aromatic rings. The van der Waals surface area contributed by atoms with E-state index in [1.165, 1.54) is 0 Å². The summed E-state index contributed by atoms with van der Waals surface area (Å²) in [6, 6.07) is 8.18. The lowest BCUT2D eigenvalue weighted by molar-refractivity contribution is -0.125. The van der Waals surface area contributed by atoms with Gasteiger partial charge in [-0.1, -0.05) is 6.07 Å². The lowest BCUT2D eigenvalue weighted by Crippen LogP contribution is -2.52. The van der Waals surface area contributed by atoms with Crippen LogP contribution in [-0.4, -0.2) is 63.3 Å². The number of hydrogen-bond donors (Lipinski definition) is 1. The van der Waals surface area contributed by atoms with Crippen LogP contribution >= 0.6 is 0 Å². The van der Waals surface area contributed by atoms with Gasteiger partial charge < -0.3 is 10.1 Å². The van der Waals surface area contributed by atoms with Gasteiger partial charge in [-0.15, -0.1) is 10.2 Å². The maximum atomic E-state index is 12.6. The molecule has 0 radical (unpaired) electrons. The molecule has 0 unspecified atom stereocenters. The SMILES string of the molecule is O=C(Nc1cc2cc(-c3cnccn3)ccc2nn1)[C@H]1C[C@H](N2CCOCC2)C1. The fraction of sp³-hybridized carbons (Fsp3) is 0.381. The number of morpholine rings is 1. The first-order chi connectivity index (χ1) is 14.3. The summed E-state index contributed by atoms with van der Waals surface area (Å²) in [5.41, 5.74) is 2.51. The number of carbonyl (C=O) groups excluding carboxylic acids is 1. The minimum absolute atomic E-state index is 0.0215. The number of fused-ring (bicyclic) bond motifs is 1. The fourth-order valence-corrected chi connectivity index (χ4v) is 3.98. The molecule has 8 heteroatoms. The van der Waals surface area contributed by atoms with Crippen LogP contribution in [0.15, 0.2) is 42.9 Å². The number of nitrogens with zero attached hydrogens (tertiary/aromatic N) is 5. The smallest absolute Gasteiger partial charge is 0.228 e. The van der Waals surface area contributed by atoms with E-state index in [9.17, 15) is 4.79 Å². The number of carbonyl (C=O) groups is 1. The Morgan fingerprint density at radius 1 is 1.10 bits per heavy atom. The van der Waals surface area contributed by atoms with Gasteiger partial charge in [0, 0.05) is 48.4 Å². The highest BCUT2D eigenvalue weighted by atomic mass is 16.5. The Bertz CT molecular complexity index is 1020. The van der Waals surface area contributed by atoms with E-state index in [4.69, 9.17) is 4.74 Å². The minimum Gasteiger partial charge on any atom is -0.379 e. The predicted octanol–water partition coefficient (Wildman–Crippen LogP) is 2.14. The average Bonchev–Trinajstić information content (AvgIpc) is 2.73. The molecule has 1 amide bonds. The van der Waals surface area contributed by atoms with Gasteiger partial charge in [0.2, 0.25) is 5.91 Å². The summed E-state index contributed by atoms with van der Waals surface area (Å²) in [5.74, 6) is 0.535. The lowest BCUT2D eigenvalue weighted by Gasteiger charge is -2.43. The van der Waals surface area contributed by atoms with E-state index in [0.29, 0.717) is 11.9 Å². The van der Waals surface area contributed by atoms with Crippen LogP contribution in [0.5, 0.6) is 0 Å². The first-order valence-electron chi connectivity index (χ1n) is 9.93. The van der Waals surface area contributed by atoms with E-state index in [-0.39, 0.29) is 11.8 Å². The van der Waals surface area contributed by atoms with Crippen LogP contribution in [-0.2, 0) is 9.53 Å². The van der Waals surface area contributed by atoms with E-state index in [1.807, 2.05) is 24.3 Å². The van der Waals surface area contributed by atoms with Crippen LogP contribution in [0.3, 0.4) is 0 Å². The molecular weight excluding hydrogens is 368 g/mol. The molecule has 2 aromatic heterocycles. The zero-order valence-electron chi connectivity index (χ0n) is 16.0. The molecule has 1 saturated carbocycles. The molecule has 1 aromatic carbocycles. The Morgan fingerprint density at radius 2 is 1.97 bits per heavy atom. The van der Waals surface area contributed by atoms with Crippen molar-refractivity contribution in [1.82, 2.24) is 25.1 Å². The fourth-order valence-electron chi connectivity index (χ4n) is 3.98. The Labute approximate surface area is 168 Å². The van der Waals surface area contributed by atoms with Crippen LogP contribution in [0, 0.1) is 5.92 Å². The molecule has 0 spiro atoms. The van der Waals surface area contributed by atoms with Crippen molar-refractivity contribution in [2.24, 2.45) is 5.92 Å². The molecule has 1 N–H and O–H groups in total. The normalized spacial score (nSPS) is 22.2. The highest BCUT2D eigenvalue weighted by molar-refractivity contribution is 5.94. The molecule has 5 rings (SSSR count). The Morgan fingerprint density at radius 3 is 2.76 bits per heavy atom. The summed E-state index contributed by atoms with van der Waals surface area (Å²) in [5, 5.41) is 12.2. The van der Waals surface area contributed by atoms with Crippen molar-refractivity contribution in [2.75, 3.05) is 31.6 Å². The lowest BCUT2D eigenvalue weighted by atomic mass is 9.78. The van der Waals surface area contributed by atoms with Gasteiger partial charge in [0.1, 0.15) is 0 Å². The minimum atomic E-state index is 0.0215. The van der Waals surface area contributed by atoms with Gasteiger partial charge in [0.25, 0.3) is 0 Å². The van der Waals surface area contributed by atoms with E-state index >= 15 is 0 Å². The molecule has 1 aliphatic heterocycles. The molecule has 1 saturated heterocycles. The van der Waals surface area contributed by atoms with Crippen LogP contribution in [0.4, 0.5) is 5.82 Å². The number of hydrogen-bond acceptors (Lipinski definition) is 7. The van der Waals surface area contributed by atoms with Gasteiger partial charge in [-0.3, -0.25) is 19.7 Å². The standard InChI is InChI=1S/C21H22N6O2/c28-21(16-10-17(11-16)27-5-7-29-8-6-27)24-20-12-15-9-14(1-2-18(15)25-26-20)19-13-22-3-4-23-19/h1-4,9,12-13,16-17H,5-8,10-11H2,(H,24,26,28)/t16-,17-. The van der Waals surface area contributed by atoms with Crippen LogP contribution < -0.4 is 5.32 Å². The highest BCUT2D eigenvalue weighted by Gasteiger charge is 2.38. The maximum absolute atomic E-state index is 12.6. The van der Waals surface area contributed by atoms with Crippen LogP contribution in [0.1, 0.15) is 12.8 Å². The average molecular weight is 390 g/mol. The molecule has 0 atom stereocenters. The first-order valence-corrected chi connectivity index (χ1v) is 9.93. The Kier molecular flexibility index (Phi) is 4.87. The molecule has 148 valence electrons. The summed E-state index contributed by atoms with van der Waals surface area (Å²) in [4.78, 5) is 23.5. The third kappa shape index (κ3) is 3.81. The second kappa shape index (κ2) is 7.81. The summed E-state index contributed by atoms with van der Waals surface area (Å²) < 4.78 is 5.40. The zero-order chi connectivity index (χ0) is 19.6. The van der Waals surface area contributed by atoms with Gasteiger partial charge in [-0.2, -0.15) is 0 Å². The molecule has 0 bridgehead atoms. The van der Waals surface area contributed by atoms with E-state index in [2.05, 4.69) is 30.4 Å². The monoisotopic (exact) mass is 390 g/mol. The Hall–Kier alpha value is -2.97. The van der Waals surface area contributed by atoms with Gasteiger partial charge >= 0.3 is 0 Å². The van der Waals surface area contributed by atoms with Crippen molar-refractivity contribution in [3.8, 4) is 11.3 Å². The maximum Gasteiger partial charge on any atom is 0.228 e. The van der Waals surface area contributed by atoms with Crippen molar-refractivity contribution in [3.05, 3.63) is 42.9 Å². The van der Waals surface area contributed by atoms with Crippen molar-refractivity contribution >= 4 is 22.6 Å². The molecule has 3 heterocycles. The number of benzene rings is 1. The molecular formula is C21H22N6O2. The molecule has 2 aliphatic rings.